The number of likely N-dealkylation sites (N-methyl/N-ethyl adjacent to an activating group) is 1. The molecule has 2 heterocycles. The van der Waals surface area contributed by atoms with E-state index in [9.17, 15) is 9.59 Å². The second-order valence-corrected chi connectivity index (χ2v) is 9.49. The number of aromatic nitrogens is 1. The van der Waals surface area contributed by atoms with E-state index in [0.717, 1.165) is 47.7 Å². The first kappa shape index (κ1) is 34.3. The number of fused-ring (bicyclic) bond motifs is 1. The lowest BCUT2D eigenvalue weighted by molar-refractivity contribution is -0.113. The zero-order chi connectivity index (χ0) is 24.3. The zero-order valence-corrected chi connectivity index (χ0v) is 24.8. The van der Waals surface area contributed by atoms with Gasteiger partial charge in [0.05, 0.1) is 16.8 Å². The summed E-state index contributed by atoms with van der Waals surface area (Å²) in [6, 6.07) is 5.56. The largest absolute Gasteiger partial charge is 0.358 e. The number of amides is 2. The van der Waals surface area contributed by atoms with E-state index in [2.05, 4.69) is 15.2 Å². The molecule has 202 valence electrons. The number of aromatic amines is 1. The Morgan fingerprint density at radius 1 is 1.08 bits per heavy atom. The lowest BCUT2D eigenvalue weighted by Crippen LogP contribution is -2.31. The van der Waals surface area contributed by atoms with Gasteiger partial charge in [-0.05, 0) is 84.8 Å². The highest BCUT2D eigenvalue weighted by atomic mass is 35.5. The maximum Gasteiger partial charge on any atom is 0.259 e. The number of rotatable bonds is 9. The molecule has 36 heavy (non-hydrogen) atoms. The quantitative estimate of drug-likeness (QED) is 0.422. The van der Waals surface area contributed by atoms with Crippen LogP contribution in [-0.2, 0) is 4.79 Å². The summed E-state index contributed by atoms with van der Waals surface area (Å²) in [6.07, 6.45) is 2.72. The number of nitrogens with zero attached hydrogens (tertiary/aromatic N) is 3. The van der Waals surface area contributed by atoms with Gasteiger partial charge < -0.3 is 25.0 Å². The number of nitrogens with one attached hydrogen (secondary N) is 2. The molecule has 0 atom stereocenters. The van der Waals surface area contributed by atoms with E-state index in [1.54, 1.807) is 0 Å². The van der Waals surface area contributed by atoms with Gasteiger partial charge in [-0.1, -0.05) is 11.6 Å². The fourth-order valence-electron chi connectivity index (χ4n) is 4.12. The van der Waals surface area contributed by atoms with E-state index in [0.29, 0.717) is 29.2 Å². The number of H-pyrrole nitrogens is 1. The Kier molecular flexibility index (Phi) is 14.1. The molecule has 1 aliphatic rings. The summed E-state index contributed by atoms with van der Waals surface area (Å²) in [7, 11) is 7.98. The van der Waals surface area contributed by atoms with Crippen LogP contribution in [0.25, 0.3) is 11.6 Å². The number of aryl methyl sites for hydroxylation is 1. The molecule has 2 aromatic rings. The van der Waals surface area contributed by atoms with Gasteiger partial charge in [-0.15, -0.1) is 37.2 Å². The first-order valence-corrected chi connectivity index (χ1v) is 11.6. The maximum atomic E-state index is 13.4. The average Bonchev–Trinajstić information content (AvgIpc) is 3.15. The van der Waals surface area contributed by atoms with Gasteiger partial charge >= 0.3 is 0 Å². The molecule has 0 aliphatic carbocycles. The molecule has 0 radical (unpaired) electrons. The Morgan fingerprint density at radius 3 is 2.33 bits per heavy atom. The van der Waals surface area contributed by atoms with Crippen LogP contribution in [0.5, 0.6) is 0 Å². The van der Waals surface area contributed by atoms with Gasteiger partial charge in [0.25, 0.3) is 11.8 Å². The molecule has 0 unspecified atom stereocenters. The molecule has 2 amide bonds. The Morgan fingerprint density at radius 2 is 1.72 bits per heavy atom. The number of halogens is 4. The minimum atomic E-state index is -0.112. The van der Waals surface area contributed by atoms with Crippen molar-refractivity contribution in [1.29, 1.82) is 0 Å². The van der Waals surface area contributed by atoms with Gasteiger partial charge in [-0.25, -0.2) is 0 Å². The predicted octanol–water partition coefficient (Wildman–Crippen LogP) is 4.68. The van der Waals surface area contributed by atoms with Gasteiger partial charge in [0.15, 0.2) is 0 Å². The maximum absolute atomic E-state index is 13.4. The van der Waals surface area contributed by atoms with Crippen LogP contribution in [-0.4, -0.2) is 81.0 Å². The monoisotopic (exact) mass is 579 g/mol. The van der Waals surface area contributed by atoms with Crippen LogP contribution in [0.1, 0.15) is 39.3 Å². The molecule has 0 spiro atoms. The van der Waals surface area contributed by atoms with E-state index in [4.69, 9.17) is 11.6 Å². The van der Waals surface area contributed by atoms with Crippen molar-refractivity contribution < 1.29 is 9.59 Å². The summed E-state index contributed by atoms with van der Waals surface area (Å²) >= 11 is 6.28. The van der Waals surface area contributed by atoms with Crippen molar-refractivity contribution in [3.8, 4) is 0 Å². The van der Waals surface area contributed by atoms with Crippen molar-refractivity contribution in [2.75, 3.05) is 59.3 Å². The van der Waals surface area contributed by atoms with E-state index in [1.807, 2.05) is 76.1 Å². The molecule has 1 aromatic heterocycles. The Hall–Kier alpha value is -1.74. The fourth-order valence-corrected chi connectivity index (χ4v) is 4.29. The standard InChI is InChI=1S/C25H34ClN5O2.3ClH/c1-16-21(28-17(2)23(16)24(32)27-10-13-30(5)6)15-20-19-14-18(26)8-9-22(19)31(25(20)33)12-7-11-29(3)4;;;/h8-9,14-15,28H,7,10-13H2,1-6H3,(H,27,32);3*1H/b20-15-;;;. The molecule has 3 rings (SSSR count). The molecule has 1 aliphatic heterocycles. The van der Waals surface area contributed by atoms with E-state index in [1.165, 1.54) is 0 Å². The molecule has 2 N–H and O–H groups in total. The van der Waals surface area contributed by atoms with Gasteiger partial charge in [0.2, 0.25) is 0 Å². The third kappa shape index (κ3) is 7.88. The van der Waals surface area contributed by atoms with Gasteiger partial charge in [0, 0.05) is 41.6 Å². The lowest BCUT2D eigenvalue weighted by Gasteiger charge is -2.18. The minimum Gasteiger partial charge on any atom is -0.358 e. The Bertz CT molecular complexity index is 1080. The van der Waals surface area contributed by atoms with Gasteiger partial charge in [-0.2, -0.15) is 0 Å². The van der Waals surface area contributed by atoms with E-state index >= 15 is 0 Å². The molecule has 11 heteroatoms. The highest BCUT2D eigenvalue weighted by molar-refractivity contribution is 6.37. The van der Waals surface area contributed by atoms with Gasteiger partial charge in [0.1, 0.15) is 0 Å². The SMILES string of the molecule is Cc1[nH]c(/C=C2\C(=O)N(CCCN(C)C)c3ccc(Cl)cc32)c(C)c1C(=O)NCCN(C)C.Cl.Cl.Cl. The zero-order valence-electron chi connectivity index (χ0n) is 21.6. The smallest absolute Gasteiger partial charge is 0.259 e. The Labute approximate surface area is 237 Å². The number of anilines is 1. The molecule has 0 saturated heterocycles. The number of hydrogen-bond acceptors (Lipinski definition) is 4. The lowest BCUT2D eigenvalue weighted by atomic mass is 10.0. The molecular formula is C25H37Cl4N5O2. The predicted molar refractivity (Wildman–Crippen MR) is 158 cm³/mol. The third-order valence-corrected chi connectivity index (χ3v) is 6.07. The van der Waals surface area contributed by atoms with Crippen LogP contribution < -0.4 is 10.2 Å². The minimum absolute atomic E-state index is 0. The first-order chi connectivity index (χ1) is 15.6. The van der Waals surface area contributed by atoms with Crippen molar-refractivity contribution in [2.45, 2.75) is 20.3 Å². The van der Waals surface area contributed by atoms with Crippen LogP contribution in [0.2, 0.25) is 5.02 Å². The first-order valence-electron chi connectivity index (χ1n) is 11.2. The van der Waals surface area contributed by atoms with E-state index in [-0.39, 0.29) is 49.0 Å². The van der Waals surface area contributed by atoms with Crippen molar-refractivity contribution in [3.63, 3.8) is 0 Å². The van der Waals surface area contributed by atoms with Crippen LogP contribution in [0.3, 0.4) is 0 Å². The van der Waals surface area contributed by atoms with Crippen molar-refractivity contribution >= 4 is 78.0 Å². The highest BCUT2D eigenvalue weighted by Gasteiger charge is 2.32. The second-order valence-electron chi connectivity index (χ2n) is 9.06. The number of carbonyl (C=O) groups is 2. The summed E-state index contributed by atoms with van der Waals surface area (Å²) in [5.74, 6) is -0.158. The van der Waals surface area contributed by atoms with E-state index < -0.39 is 0 Å². The molecule has 0 saturated carbocycles. The average molecular weight is 581 g/mol. The van der Waals surface area contributed by atoms with Crippen molar-refractivity contribution in [2.24, 2.45) is 0 Å². The van der Waals surface area contributed by atoms with Gasteiger partial charge in [-0.3, -0.25) is 9.59 Å². The van der Waals surface area contributed by atoms with Crippen LogP contribution in [0.4, 0.5) is 5.69 Å². The van der Waals surface area contributed by atoms with Crippen LogP contribution >= 0.6 is 48.8 Å². The number of hydrogen-bond donors (Lipinski definition) is 2. The van der Waals surface area contributed by atoms with Crippen molar-refractivity contribution in [3.05, 3.63) is 51.3 Å². The summed E-state index contributed by atoms with van der Waals surface area (Å²) < 4.78 is 0. The highest BCUT2D eigenvalue weighted by Crippen LogP contribution is 2.39. The molecule has 7 nitrogen and oxygen atoms in total. The molecule has 0 bridgehead atoms. The van der Waals surface area contributed by atoms with Crippen LogP contribution in [0.15, 0.2) is 18.2 Å². The summed E-state index contributed by atoms with van der Waals surface area (Å²) in [4.78, 5) is 35.4. The molecule has 0 fully saturated rings. The van der Waals surface area contributed by atoms with Crippen LogP contribution in [0, 0.1) is 13.8 Å². The number of benzene rings is 1. The number of carbonyl (C=O) groups excluding carboxylic acids is 2. The Balaban J connectivity index is 0.00000408. The van der Waals surface area contributed by atoms with Crippen molar-refractivity contribution in [1.82, 2.24) is 20.1 Å². The molecule has 1 aromatic carbocycles. The second kappa shape index (κ2) is 14.9. The summed E-state index contributed by atoms with van der Waals surface area (Å²) in [5, 5.41) is 3.56. The summed E-state index contributed by atoms with van der Waals surface area (Å²) in [6.45, 7) is 6.65. The fraction of sp³-hybridized carbons (Fsp3) is 0.440. The third-order valence-electron chi connectivity index (χ3n) is 5.84. The normalized spacial score (nSPS) is 13.4. The molecular weight excluding hydrogens is 544 g/mol. The summed E-state index contributed by atoms with van der Waals surface area (Å²) in [5.41, 5.74) is 5.26. The topological polar surface area (TPSA) is 71.7 Å².